The Balaban J connectivity index is 1.98. The highest BCUT2D eigenvalue weighted by molar-refractivity contribution is 7.16. The van der Waals surface area contributed by atoms with Crippen LogP contribution in [-0.2, 0) is 33.7 Å². The second kappa shape index (κ2) is 9.85. The van der Waals surface area contributed by atoms with E-state index in [-0.39, 0.29) is 24.8 Å². The van der Waals surface area contributed by atoms with Gasteiger partial charge in [0.25, 0.3) is 5.91 Å². The molecule has 6 heteroatoms. The Kier molecular flexibility index (Phi) is 7.21. The maximum Gasteiger partial charge on any atom is 0.325 e. The Labute approximate surface area is 181 Å². The molecule has 158 valence electrons. The summed E-state index contributed by atoms with van der Waals surface area (Å²) >= 11 is 1.44. The summed E-state index contributed by atoms with van der Waals surface area (Å²) in [7, 11) is 1.36. The summed E-state index contributed by atoms with van der Waals surface area (Å²) in [5.41, 5.74) is 5.44. The summed E-state index contributed by atoms with van der Waals surface area (Å²) in [5.74, 6) is -0.595. The van der Waals surface area contributed by atoms with Crippen molar-refractivity contribution in [2.75, 3.05) is 7.11 Å². The number of carbonyl (C=O) groups excluding carboxylic acids is 2. The fourth-order valence-electron chi connectivity index (χ4n) is 3.32. The van der Waals surface area contributed by atoms with Gasteiger partial charge in [-0.1, -0.05) is 48.9 Å². The topological polar surface area (TPSA) is 60.7 Å². The Bertz CT molecular complexity index is 1140. The van der Waals surface area contributed by atoms with E-state index in [0.717, 1.165) is 40.6 Å². The summed E-state index contributed by atoms with van der Waals surface area (Å²) < 4.78 is 7.64. The number of aromatic nitrogens is 1. The molecule has 0 radical (unpaired) electrons. The zero-order valence-corrected chi connectivity index (χ0v) is 18.8. The lowest BCUT2D eigenvalue weighted by Crippen LogP contribution is -2.22. The van der Waals surface area contributed by atoms with Crippen LogP contribution >= 0.6 is 11.3 Å². The number of benzene rings is 2. The van der Waals surface area contributed by atoms with E-state index in [1.807, 2.05) is 38.1 Å². The first kappa shape index (κ1) is 22.0. The highest BCUT2D eigenvalue weighted by Gasteiger charge is 2.13. The third-order valence-corrected chi connectivity index (χ3v) is 6.27. The van der Waals surface area contributed by atoms with E-state index in [2.05, 4.69) is 24.0 Å². The number of fused-ring (bicyclic) bond motifs is 1. The van der Waals surface area contributed by atoms with E-state index >= 15 is 0 Å². The van der Waals surface area contributed by atoms with Gasteiger partial charge in [0.2, 0.25) is 0 Å². The second-order valence-corrected chi connectivity index (χ2v) is 8.56. The van der Waals surface area contributed by atoms with Gasteiger partial charge in [-0.25, -0.2) is 0 Å². The Hall–Kier alpha value is -2.73. The van der Waals surface area contributed by atoms with Crippen molar-refractivity contribution in [3.8, 4) is 0 Å². The molecule has 0 saturated heterocycles. The molecular formula is C24H28N2O3S. The zero-order chi connectivity index (χ0) is 21.7. The van der Waals surface area contributed by atoms with Crippen molar-refractivity contribution >= 4 is 33.4 Å². The van der Waals surface area contributed by atoms with Crippen LogP contribution in [0.25, 0.3) is 10.2 Å². The standard InChI is InChI=1S/C24H28N2O3S/c1-5-6-7-18-10-11-20-21(13-18)30-24(26(20)15-23(28)29-4)25-22(27)14-19-9-8-16(2)17(3)12-19/h8-13H,5-7,14-15H2,1-4H3. The van der Waals surface area contributed by atoms with Crippen LogP contribution in [0, 0.1) is 13.8 Å². The minimum atomic E-state index is -0.368. The summed E-state index contributed by atoms with van der Waals surface area (Å²) in [5, 5.41) is 0. The van der Waals surface area contributed by atoms with Gasteiger partial charge in [0.15, 0.2) is 4.80 Å². The lowest BCUT2D eigenvalue weighted by atomic mass is 10.0. The first-order valence-electron chi connectivity index (χ1n) is 10.2. The number of nitrogens with zero attached hydrogens (tertiary/aromatic N) is 2. The van der Waals surface area contributed by atoms with Gasteiger partial charge in [0, 0.05) is 0 Å². The summed E-state index contributed by atoms with van der Waals surface area (Å²) in [6.45, 7) is 6.28. The van der Waals surface area contributed by atoms with Crippen molar-refractivity contribution in [2.24, 2.45) is 4.99 Å². The van der Waals surface area contributed by atoms with E-state index < -0.39 is 0 Å². The van der Waals surface area contributed by atoms with E-state index in [9.17, 15) is 9.59 Å². The van der Waals surface area contributed by atoms with Gasteiger partial charge in [-0.05, 0) is 61.1 Å². The lowest BCUT2D eigenvalue weighted by Gasteiger charge is -2.05. The normalized spacial score (nSPS) is 11.8. The minimum Gasteiger partial charge on any atom is -0.468 e. The quantitative estimate of drug-likeness (QED) is 0.525. The number of aryl methyl sites for hydroxylation is 3. The van der Waals surface area contributed by atoms with Crippen LogP contribution in [-0.4, -0.2) is 23.6 Å². The lowest BCUT2D eigenvalue weighted by molar-refractivity contribution is -0.141. The third-order valence-electron chi connectivity index (χ3n) is 5.23. The molecule has 1 heterocycles. The number of thiazole rings is 1. The smallest absolute Gasteiger partial charge is 0.325 e. The van der Waals surface area contributed by atoms with Crippen LogP contribution in [0.1, 0.15) is 42.0 Å². The van der Waals surface area contributed by atoms with Gasteiger partial charge in [-0.15, -0.1) is 0 Å². The number of hydrogen-bond donors (Lipinski definition) is 0. The summed E-state index contributed by atoms with van der Waals surface area (Å²) in [4.78, 5) is 29.5. The number of methoxy groups -OCH3 is 1. The molecule has 3 aromatic rings. The molecule has 0 spiro atoms. The van der Waals surface area contributed by atoms with E-state index in [0.29, 0.717) is 4.80 Å². The molecule has 0 saturated carbocycles. The molecule has 1 amide bonds. The van der Waals surface area contributed by atoms with Crippen LogP contribution < -0.4 is 4.80 Å². The Morgan fingerprint density at radius 1 is 1.07 bits per heavy atom. The van der Waals surface area contributed by atoms with Crippen LogP contribution in [0.4, 0.5) is 0 Å². The van der Waals surface area contributed by atoms with Crippen LogP contribution in [0.3, 0.4) is 0 Å². The molecule has 0 aliphatic carbocycles. The molecule has 0 N–H and O–H groups in total. The predicted octanol–water partition coefficient (Wildman–Crippen LogP) is 4.51. The summed E-state index contributed by atoms with van der Waals surface area (Å²) in [6.07, 6.45) is 3.51. The highest BCUT2D eigenvalue weighted by Crippen LogP contribution is 2.21. The molecule has 0 bridgehead atoms. The van der Waals surface area contributed by atoms with E-state index in [1.165, 1.54) is 29.6 Å². The molecule has 0 aliphatic rings. The fraction of sp³-hybridized carbons (Fsp3) is 0.375. The number of rotatable bonds is 7. The van der Waals surface area contributed by atoms with Crippen LogP contribution in [0.15, 0.2) is 41.4 Å². The molecule has 3 rings (SSSR count). The first-order chi connectivity index (χ1) is 14.4. The van der Waals surface area contributed by atoms with E-state index in [4.69, 9.17) is 4.74 Å². The number of esters is 1. The summed E-state index contributed by atoms with van der Waals surface area (Å²) in [6, 6.07) is 12.2. The molecule has 0 fully saturated rings. The van der Waals surface area contributed by atoms with Crippen LogP contribution in [0.5, 0.6) is 0 Å². The van der Waals surface area contributed by atoms with Crippen molar-refractivity contribution in [2.45, 2.75) is 53.0 Å². The number of carbonyl (C=O) groups is 2. The second-order valence-electron chi connectivity index (χ2n) is 7.55. The molecular weight excluding hydrogens is 396 g/mol. The molecule has 0 unspecified atom stereocenters. The van der Waals surface area contributed by atoms with Gasteiger partial charge < -0.3 is 9.30 Å². The largest absolute Gasteiger partial charge is 0.468 e. The Morgan fingerprint density at radius 3 is 2.53 bits per heavy atom. The third kappa shape index (κ3) is 5.25. The number of hydrogen-bond acceptors (Lipinski definition) is 4. The van der Waals surface area contributed by atoms with Gasteiger partial charge in [0.1, 0.15) is 6.54 Å². The number of unbranched alkanes of at least 4 members (excludes halogenated alkanes) is 1. The first-order valence-corrected chi connectivity index (χ1v) is 11.1. The monoisotopic (exact) mass is 424 g/mol. The highest BCUT2D eigenvalue weighted by atomic mass is 32.1. The van der Waals surface area contributed by atoms with Gasteiger partial charge in [-0.2, -0.15) is 4.99 Å². The SMILES string of the molecule is CCCCc1ccc2c(c1)sc(=NC(=O)Cc1ccc(C)c(C)c1)n2CC(=O)OC. The van der Waals surface area contributed by atoms with Gasteiger partial charge in [0.05, 0.1) is 23.7 Å². The Morgan fingerprint density at radius 2 is 1.83 bits per heavy atom. The molecule has 0 aliphatic heterocycles. The minimum absolute atomic E-state index is 0.0283. The average molecular weight is 425 g/mol. The zero-order valence-electron chi connectivity index (χ0n) is 18.0. The molecule has 2 aromatic carbocycles. The van der Waals surface area contributed by atoms with Crippen molar-refractivity contribution < 1.29 is 14.3 Å². The number of amides is 1. The predicted molar refractivity (Wildman–Crippen MR) is 121 cm³/mol. The fourth-order valence-corrected chi connectivity index (χ4v) is 4.43. The molecule has 30 heavy (non-hydrogen) atoms. The van der Waals surface area contributed by atoms with Gasteiger partial charge in [-0.3, -0.25) is 9.59 Å². The number of ether oxygens (including phenoxy) is 1. The van der Waals surface area contributed by atoms with Gasteiger partial charge >= 0.3 is 5.97 Å². The van der Waals surface area contributed by atoms with Crippen molar-refractivity contribution in [1.29, 1.82) is 0 Å². The maximum absolute atomic E-state index is 12.7. The van der Waals surface area contributed by atoms with Crippen molar-refractivity contribution in [3.63, 3.8) is 0 Å². The van der Waals surface area contributed by atoms with E-state index in [1.54, 1.807) is 4.57 Å². The molecule has 5 nitrogen and oxygen atoms in total. The average Bonchev–Trinajstić information content (AvgIpc) is 3.05. The van der Waals surface area contributed by atoms with Crippen molar-refractivity contribution in [3.05, 3.63) is 63.5 Å². The maximum atomic E-state index is 12.7. The molecule has 0 atom stereocenters. The van der Waals surface area contributed by atoms with Crippen LogP contribution in [0.2, 0.25) is 0 Å². The van der Waals surface area contributed by atoms with Crippen molar-refractivity contribution in [1.82, 2.24) is 4.57 Å². The molecule has 1 aromatic heterocycles.